The van der Waals surface area contributed by atoms with Crippen LogP contribution in [0.5, 0.6) is 0 Å². The van der Waals surface area contributed by atoms with Crippen LogP contribution in [0.3, 0.4) is 0 Å². The van der Waals surface area contributed by atoms with Gasteiger partial charge in [-0.25, -0.2) is 9.97 Å². The molecule has 2 aromatic heterocycles. The molecule has 3 rings (SSSR count). The largest absolute Gasteiger partial charge is 0.391 e. The molecule has 0 aliphatic carbocycles. The van der Waals surface area contributed by atoms with Crippen molar-refractivity contribution < 1.29 is 5.11 Å². The lowest BCUT2D eigenvalue weighted by Gasteiger charge is -2.20. The Morgan fingerprint density at radius 1 is 1.23 bits per heavy atom. The number of aliphatic hydroxyl groups excluding tert-OH is 1. The molecule has 2 N–H and O–H groups in total. The molecule has 0 radical (unpaired) electrons. The Morgan fingerprint density at radius 3 is 2.68 bits per heavy atom. The van der Waals surface area contributed by atoms with Gasteiger partial charge in [-0.2, -0.15) is 5.10 Å². The number of aliphatic hydroxyl groups is 1. The molecular weight excluding hydrogens is 278 g/mol. The molecule has 118 valence electrons. The molecule has 0 spiro atoms. The first-order valence-corrected chi connectivity index (χ1v) is 7.69. The molecule has 1 fully saturated rings. The number of hydrogen-bond acceptors (Lipinski definition) is 5. The van der Waals surface area contributed by atoms with Crippen LogP contribution in [-0.2, 0) is 6.42 Å². The number of β-amino-alcohol motifs (C(OH)–C–C–N with tert-alkyl or cyclic N) is 1. The van der Waals surface area contributed by atoms with E-state index in [1.165, 1.54) is 0 Å². The zero-order valence-corrected chi connectivity index (χ0v) is 13.6. The van der Waals surface area contributed by atoms with Gasteiger partial charge < -0.3 is 10.0 Å². The molecule has 0 bridgehead atoms. The van der Waals surface area contributed by atoms with Crippen molar-refractivity contribution in [1.29, 1.82) is 0 Å². The van der Waals surface area contributed by atoms with Crippen molar-refractivity contribution >= 4 is 5.82 Å². The van der Waals surface area contributed by atoms with Crippen molar-refractivity contribution in [3.8, 4) is 0 Å². The minimum Gasteiger partial charge on any atom is -0.391 e. The first-order valence-electron chi connectivity index (χ1n) is 7.69. The van der Waals surface area contributed by atoms with Gasteiger partial charge in [0.25, 0.3) is 0 Å². The van der Waals surface area contributed by atoms with E-state index in [1.54, 1.807) is 0 Å². The van der Waals surface area contributed by atoms with Crippen LogP contribution in [0.1, 0.15) is 28.5 Å². The van der Waals surface area contributed by atoms with Crippen LogP contribution in [0.2, 0.25) is 0 Å². The van der Waals surface area contributed by atoms with Crippen LogP contribution in [0.4, 0.5) is 5.82 Å². The number of aromatic amines is 1. The van der Waals surface area contributed by atoms with E-state index >= 15 is 0 Å². The number of aromatic nitrogens is 4. The summed E-state index contributed by atoms with van der Waals surface area (Å²) in [7, 11) is 0. The fourth-order valence-electron chi connectivity index (χ4n) is 3.13. The van der Waals surface area contributed by atoms with Crippen LogP contribution in [0.15, 0.2) is 6.07 Å². The monoisotopic (exact) mass is 301 g/mol. The standard InChI is InChI=1S/C16H23N5O/c1-9-5-14(20-19-9)6-13-7-21(8-15(13)22)16-10(2)11(3)17-12(4)18-16/h5,13,15,22H,6-8H2,1-4H3,(H,19,20)/t13-,15+/m1/s1. The number of anilines is 1. The van der Waals surface area contributed by atoms with Crippen LogP contribution in [-0.4, -0.2) is 44.5 Å². The van der Waals surface area contributed by atoms with Crippen molar-refractivity contribution in [1.82, 2.24) is 20.2 Å². The van der Waals surface area contributed by atoms with Crippen molar-refractivity contribution in [2.24, 2.45) is 5.92 Å². The second kappa shape index (κ2) is 5.68. The molecule has 6 heteroatoms. The highest BCUT2D eigenvalue weighted by Crippen LogP contribution is 2.28. The van der Waals surface area contributed by atoms with Crippen molar-refractivity contribution in [2.45, 2.75) is 40.2 Å². The molecule has 1 saturated heterocycles. The van der Waals surface area contributed by atoms with Gasteiger partial charge in [-0.1, -0.05) is 0 Å². The average Bonchev–Trinajstić information content (AvgIpc) is 3.01. The summed E-state index contributed by atoms with van der Waals surface area (Å²) in [5.41, 5.74) is 4.16. The van der Waals surface area contributed by atoms with Crippen LogP contribution in [0, 0.1) is 33.6 Å². The Kier molecular flexibility index (Phi) is 3.87. The van der Waals surface area contributed by atoms with E-state index in [-0.39, 0.29) is 12.0 Å². The maximum Gasteiger partial charge on any atom is 0.135 e. The third-order valence-electron chi connectivity index (χ3n) is 4.41. The Labute approximate surface area is 130 Å². The fourth-order valence-corrected chi connectivity index (χ4v) is 3.13. The quantitative estimate of drug-likeness (QED) is 0.897. The van der Waals surface area contributed by atoms with Crippen molar-refractivity contribution in [2.75, 3.05) is 18.0 Å². The van der Waals surface area contributed by atoms with Crippen molar-refractivity contribution in [3.05, 3.63) is 34.5 Å². The summed E-state index contributed by atoms with van der Waals surface area (Å²) in [5.74, 6) is 1.90. The summed E-state index contributed by atoms with van der Waals surface area (Å²) in [5, 5.41) is 17.6. The van der Waals surface area contributed by atoms with E-state index < -0.39 is 0 Å². The zero-order valence-electron chi connectivity index (χ0n) is 13.6. The molecule has 3 heterocycles. The van der Waals surface area contributed by atoms with Gasteiger partial charge in [0, 0.05) is 36.0 Å². The van der Waals surface area contributed by atoms with E-state index in [1.807, 2.05) is 33.8 Å². The molecule has 0 saturated carbocycles. The fraction of sp³-hybridized carbons (Fsp3) is 0.562. The summed E-state index contributed by atoms with van der Waals surface area (Å²) in [6.07, 6.45) is 0.427. The van der Waals surface area contributed by atoms with Gasteiger partial charge in [-0.15, -0.1) is 0 Å². The average molecular weight is 301 g/mol. The van der Waals surface area contributed by atoms with Gasteiger partial charge in [-0.05, 0) is 40.2 Å². The molecule has 2 aromatic rings. The van der Waals surface area contributed by atoms with E-state index in [0.29, 0.717) is 6.54 Å². The van der Waals surface area contributed by atoms with Crippen LogP contribution in [0.25, 0.3) is 0 Å². The summed E-state index contributed by atoms with van der Waals surface area (Å²) >= 11 is 0. The van der Waals surface area contributed by atoms with Crippen LogP contribution < -0.4 is 4.90 Å². The SMILES string of the molecule is Cc1nc(C)c(C)c(N2C[C@@H](Cc3cc(C)[nH]n3)[C@@H](O)C2)n1. The number of nitrogens with zero attached hydrogens (tertiary/aromatic N) is 4. The second-order valence-electron chi connectivity index (χ2n) is 6.28. The lowest BCUT2D eigenvalue weighted by molar-refractivity contribution is 0.148. The molecule has 22 heavy (non-hydrogen) atoms. The Bertz CT molecular complexity index is 681. The smallest absolute Gasteiger partial charge is 0.135 e. The maximum absolute atomic E-state index is 10.4. The van der Waals surface area contributed by atoms with Gasteiger partial charge in [0.2, 0.25) is 0 Å². The third kappa shape index (κ3) is 2.83. The lowest BCUT2D eigenvalue weighted by atomic mass is 10.0. The van der Waals surface area contributed by atoms with E-state index in [2.05, 4.69) is 25.1 Å². The molecule has 0 aromatic carbocycles. The molecule has 0 unspecified atom stereocenters. The molecule has 6 nitrogen and oxygen atoms in total. The number of rotatable bonds is 3. The first kappa shape index (κ1) is 15.0. The summed E-state index contributed by atoms with van der Waals surface area (Å²) in [6.45, 7) is 9.36. The number of nitrogens with one attached hydrogen (secondary N) is 1. The third-order valence-corrected chi connectivity index (χ3v) is 4.41. The highest BCUT2D eigenvalue weighted by molar-refractivity contribution is 5.49. The lowest BCUT2D eigenvalue weighted by Crippen LogP contribution is -2.24. The minimum atomic E-state index is -0.355. The zero-order chi connectivity index (χ0) is 15.9. The van der Waals surface area contributed by atoms with Crippen molar-refractivity contribution in [3.63, 3.8) is 0 Å². The molecule has 0 amide bonds. The van der Waals surface area contributed by atoms with Gasteiger partial charge >= 0.3 is 0 Å². The topological polar surface area (TPSA) is 77.9 Å². The Balaban J connectivity index is 1.78. The molecule has 1 aliphatic rings. The number of hydrogen-bond donors (Lipinski definition) is 2. The van der Waals surface area contributed by atoms with Gasteiger partial charge in [0.05, 0.1) is 11.8 Å². The van der Waals surface area contributed by atoms with E-state index in [0.717, 1.165) is 47.3 Å². The maximum atomic E-state index is 10.4. The van der Waals surface area contributed by atoms with Gasteiger partial charge in [0.1, 0.15) is 11.6 Å². The summed E-state index contributed by atoms with van der Waals surface area (Å²) in [6, 6.07) is 2.04. The highest BCUT2D eigenvalue weighted by Gasteiger charge is 2.33. The minimum absolute atomic E-state index is 0.178. The number of H-pyrrole nitrogens is 1. The molecular formula is C16H23N5O. The second-order valence-corrected chi connectivity index (χ2v) is 6.28. The van der Waals surface area contributed by atoms with E-state index in [9.17, 15) is 5.11 Å². The molecule has 2 atom stereocenters. The predicted octanol–water partition coefficient (Wildman–Crippen LogP) is 1.47. The molecule has 1 aliphatic heterocycles. The normalized spacial score (nSPS) is 21.6. The Morgan fingerprint density at radius 2 is 2.00 bits per heavy atom. The van der Waals surface area contributed by atoms with Gasteiger partial charge in [0.15, 0.2) is 0 Å². The summed E-state index contributed by atoms with van der Waals surface area (Å²) < 4.78 is 0. The first-order chi connectivity index (χ1) is 10.4. The van der Waals surface area contributed by atoms with Crippen LogP contribution >= 0.6 is 0 Å². The Hall–Kier alpha value is -1.95. The summed E-state index contributed by atoms with van der Waals surface area (Å²) in [4.78, 5) is 11.1. The van der Waals surface area contributed by atoms with Gasteiger partial charge in [-0.3, -0.25) is 5.10 Å². The number of aryl methyl sites for hydroxylation is 3. The predicted molar refractivity (Wildman–Crippen MR) is 85.0 cm³/mol. The van der Waals surface area contributed by atoms with E-state index in [4.69, 9.17) is 0 Å². The highest BCUT2D eigenvalue weighted by atomic mass is 16.3.